The monoisotopic (exact) mass is 416 g/mol. The molecule has 0 saturated heterocycles. The number of amides is 1. The molecule has 3 aliphatic rings. The molecular weight excluding hydrogens is 390 g/mol. The van der Waals surface area contributed by atoms with Crippen LogP contribution in [0.25, 0.3) is 0 Å². The predicted octanol–water partition coefficient (Wildman–Crippen LogP) is 2.57. The molecule has 7 heteroatoms. The van der Waals surface area contributed by atoms with Crippen molar-refractivity contribution in [1.29, 1.82) is 0 Å². The van der Waals surface area contributed by atoms with Crippen LogP contribution in [0.2, 0.25) is 0 Å². The van der Waals surface area contributed by atoms with Crippen molar-refractivity contribution in [2.75, 3.05) is 11.9 Å². The molecule has 4 rings (SSSR count). The molecule has 1 heterocycles. The Morgan fingerprint density at radius 1 is 1.24 bits per heavy atom. The largest absolute Gasteiger partial charge is 0.550 e. The third-order valence-electron chi connectivity index (χ3n) is 6.42. The zero-order valence-corrected chi connectivity index (χ0v) is 17.6. The first-order valence-corrected chi connectivity index (χ1v) is 11.2. The molecule has 156 valence electrons. The van der Waals surface area contributed by atoms with E-state index in [9.17, 15) is 19.5 Å². The first-order chi connectivity index (χ1) is 13.9. The minimum absolute atomic E-state index is 0.0898. The molecule has 3 aliphatic carbocycles. The molecule has 1 fully saturated rings. The number of carbonyl (C=O) groups excluding carboxylic acids is 3. The Bertz CT molecular complexity index is 873. The van der Waals surface area contributed by atoms with Crippen LogP contribution in [-0.2, 0) is 27.2 Å². The lowest BCUT2D eigenvalue weighted by molar-refractivity contribution is -0.313. The summed E-state index contributed by atoms with van der Waals surface area (Å²) in [6, 6.07) is 0. The van der Waals surface area contributed by atoms with E-state index in [4.69, 9.17) is 4.74 Å². The summed E-state index contributed by atoms with van der Waals surface area (Å²) in [5.74, 6) is -3.10. The Morgan fingerprint density at radius 2 is 1.97 bits per heavy atom. The fraction of sp³-hybridized carbons (Fsp3) is 0.591. The molecule has 0 spiro atoms. The Labute approximate surface area is 174 Å². The summed E-state index contributed by atoms with van der Waals surface area (Å²) in [6.45, 7) is 4.45. The van der Waals surface area contributed by atoms with Gasteiger partial charge in [0.1, 0.15) is 5.00 Å². The van der Waals surface area contributed by atoms with Crippen molar-refractivity contribution in [3.63, 3.8) is 0 Å². The Kier molecular flexibility index (Phi) is 5.51. The SMILES string of the molecule is CCCOC(=O)c1c(NC(=O)[C@@H]2[C@@H](C(=O)[O-])[C@H]3C=C[C@@H]2C3)sc2c1CC[C@H](C)C2. The summed E-state index contributed by atoms with van der Waals surface area (Å²) in [5.41, 5.74) is 1.44. The maximum atomic E-state index is 13.1. The number of carboxylic acids is 1. The Hall–Kier alpha value is -2.15. The van der Waals surface area contributed by atoms with Gasteiger partial charge in [0.15, 0.2) is 0 Å². The van der Waals surface area contributed by atoms with Gasteiger partial charge in [-0.25, -0.2) is 4.79 Å². The molecule has 0 unspecified atom stereocenters. The third-order valence-corrected chi connectivity index (χ3v) is 7.59. The van der Waals surface area contributed by atoms with Gasteiger partial charge in [-0.2, -0.15) is 0 Å². The molecular formula is C22H26NO5S-. The molecule has 1 N–H and O–H groups in total. The lowest BCUT2D eigenvalue weighted by atomic mass is 9.82. The molecule has 0 aromatic carbocycles. The van der Waals surface area contributed by atoms with Crippen LogP contribution >= 0.6 is 11.3 Å². The van der Waals surface area contributed by atoms with Crippen molar-refractivity contribution in [3.05, 3.63) is 28.2 Å². The zero-order valence-electron chi connectivity index (χ0n) is 16.7. The molecule has 6 nitrogen and oxygen atoms in total. The van der Waals surface area contributed by atoms with Gasteiger partial charge < -0.3 is 20.0 Å². The second kappa shape index (κ2) is 7.94. The number of hydrogen-bond acceptors (Lipinski definition) is 6. The Balaban J connectivity index is 1.62. The van der Waals surface area contributed by atoms with Gasteiger partial charge in [-0.15, -0.1) is 11.3 Å². The van der Waals surface area contributed by atoms with E-state index in [1.165, 1.54) is 11.3 Å². The molecule has 1 saturated carbocycles. The fourth-order valence-electron chi connectivity index (χ4n) is 5.02. The van der Waals surface area contributed by atoms with E-state index in [-0.39, 0.29) is 17.7 Å². The molecule has 1 aromatic heterocycles. The standard InChI is InChI=1S/C22H27NO5S/c1-3-8-28-22(27)18-14-7-4-11(2)9-15(14)29-20(18)23-19(24)16-12-5-6-13(10-12)17(16)21(25)26/h5-6,11-13,16-17H,3-4,7-10H2,1-2H3,(H,23,24)(H,25,26)/p-1/t11-,12+,13-,16-,17-/m0/s1. The number of hydrogen-bond donors (Lipinski definition) is 1. The minimum atomic E-state index is -1.18. The van der Waals surface area contributed by atoms with Crippen molar-refractivity contribution < 1.29 is 24.2 Å². The van der Waals surface area contributed by atoms with Crippen LogP contribution in [0, 0.1) is 29.6 Å². The van der Waals surface area contributed by atoms with E-state index >= 15 is 0 Å². The smallest absolute Gasteiger partial charge is 0.341 e. The predicted molar refractivity (Wildman–Crippen MR) is 107 cm³/mol. The average molecular weight is 417 g/mol. The summed E-state index contributed by atoms with van der Waals surface area (Å²) in [7, 11) is 0. The van der Waals surface area contributed by atoms with E-state index in [1.807, 2.05) is 19.1 Å². The van der Waals surface area contributed by atoms with Crippen molar-refractivity contribution in [2.24, 2.45) is 29.6 Å². The summed E-state index contributed by atoms with van der Waals surface area (Å²) in [4.78, 5) is 38.6. The molecule has 1 amide bonds. The number of aliphatic carboxylic acids is 1. The van der Waals surface area contributed by atoms with Gasteiger partial charge in [-0.05, 0) is 55.4 Å². The summed E-state index contributed by atoms with van der Waals surface area (Å²) in [5, 5.41) is 15.1. The normalized spacial score (nSPS) is 29.5. The number of ether oxygens (including phenoxy) is 1. The van der Waals surface area contributed by atoms with Gasteiger partial charge in [0.05, 0.1) is 18.1 Å². The first-order valence-electron chi connectivity index (χ1n) is 10.4. The number of carbonyl (C=O) groups is 3. The van der Waals surface area contributed by atoms with Crippen molar-refractivity contribution in [3.8, 4) is 0 Å². The van der Waals surface area contributed by atoms with E-state index in [1.54, 1.807) is 0 Å². The van der Waals surface area contributed by atoms with E-state index < -0.39 is 23.8 Å². The highest BCUT2D eigenvalue weighted by Crippen LogP contribution is 2.49. The van der Waals surface area contributed by atoms with Crippen LogP contribution in [-0.4, -0.2) is 24.5 Å². The van der Waals surface area contributed by atoms with Gasteiger partial charge in [0, 0.05) is 16.8 Å². The lowest BCUT2D eigenvalue weighted by Gasteiger charge is -2.27. The first kappa shape index (κ1) is 20.1. The van der Waals surface area contributed by atoms with Crippen LogP contribution < -0.4 is 10.4 Å². The van der Waals surface area contributed by atoms with Crippen LogP contribution in [0.3, 0.4) is 0 Å². The van der Waals surface area contributed by atoms with Crippen LogP contribution in [0.15, 0.2) is 12.2 Å². The number of nitrogens with one attached hydrogen (secondary N) is 1. The second-order valence-corrected chi connectivity index (χ2v) is 9.61. The number of fused-ring (bicyclic) bond motifs is 3. The second-order valence-electron chi connectivity index (χ2n) is 8.50. The highest BCUT2D eigenvalue weighted by Gasteiger charge is 2.49. The van der Waals surface area contributed by atoms with Gasteiger partial charge in [0.25, 0.3) is 0 Å². The number of esters is 1. The fourth-order valence-corrected chi connectivity index (χ4v) is 6.42. The Morgan fingerprint density at radius 3 is 2.66 bits per heavy atom. The quantitative estimate of drug-likeness (QED) is 0.568. The molecule has 5 atom stereocenters. The maximum Gasteiger partial charge on any atom is 0.341 e. The van der Waals surface area contributed by atoms with Gasteiger partial charge in [0.2, 0.25) is 5.91 Å². The highest BCUT2D eigenvalue weighted by molar-refractivity contribution is 7.17. The number of thiophene rings is 1. The summed E-state index contributed by atoms with van der Waals surface area (Å²) >= 11 is 1.43. The van der Waals surface area contributed by atoms with Crippen LogP contribution in [0.1, 0.15) is 53.9 Å². The highest BCUT2D eigenvalue weighted by atomic mass is 32.1. The average Bonchev–Trinajstić information content (AvgIpc) is 3.37. The molecule has 1 aromatic rings. The van der Waals surface area contributed by atoms with E-state index in [0.717, 1.165) is 36.1 Å². The van der Waals surface area contributed by atoms with Gasteiger partial charge in [-0.1, -0.05) is 26.0 Å². The number of anilines is 1. The third kappa shape index (κ3) is 3.61. The van der Waals surface area contributed by atoms with Crippen molar-refractivity contribution in [1.82, 2.24) is 0 Å². The minimum Gasteiger partial charge on any atom is -0.550 e. The molecule has 0 aliphatic heterocycles. The topological polar surface area (TPSA) is 95.5 Å². The number of carboxylic acid groups (broad SMARTS) is 1. The summed E-state index contributed by atoms with van der Waals surface area (Å²) < 4.78 is 5.39. The van der Waals surface area contributed by atoms with Crippen molar-refractivity contribution in [2.45, 2.75) is 46.0 Å². The zero-order chi connectivity index (χ0) is 20.7. The number of allylic oxidation sites excluding steroid dienone is 2. The van der Waals surface area contributed by atoms with Gasteiger partial charge >= 0.3 is 5.97 Å². The van der Waals surface area contributed by atoms with Crippen molar-refractivity contribution >= 4 is 34.2 Å². The van der Waals surface area contributed by atoms with Crippen LogP contribution in [0.5, 0.6) is 0 Å². The molecule has 0 radical (unpaired) electrons. The lowest BCUT2D eigenvalue weighted by Crippen LogP contribution is -2.42. The van der Waals surface area contributed by atoms with E-state index in [0.29, 0.717) is 29.5 Å². The van der Waals surface area contributed by atoms with Gasteiger partial charge in [-0.3, -0.25) is 4.79 Å². The molecule has 29 heavy (non-hydrogen) atoms. The molecule has 2 bridgehead atoms. The van der Waals surface area contributed by atoms with Crippen LogP contribution in [0.4, 0.5) is 5.00 Å². The van der Waals surface area contributed by atoms with E-state index in [2.05, 4.69) is 12.2 Å². The number of rotatable bonds is 6. The maximum absolute atomic E-state index is 13.1. The summed E-state index contributed by atoms with van der Waals surface area (Å²) in [6.07, 6.45) is 7.87.